The molecule has 0 aromatic carbocycles. The van der Waals surface area contributed by atoms with Crippen LogP contribution in [0.2, 0.25) is 0 Å². The van der Waals surface area contributed by atoms with Crippen LogP contribution in [0, 0.1) is 0 Å². The van der Waals surface area contributed by atoms with E-state index in [1.807, 2.05) is 37.1 Å². The number of hydrogen-bond acceptors (Lipinski definition) is 3. The number of allylic oxidation sites excluding steroid dienone is 1. The second kappa shape index (κ2) is 10.9. The van der Waals surface area contributed by atoms with Gasteiger partial charge in [-0.3, -0.25) is 9.78 Å². The Bertz CT molecular complexity index is 589. The van der Waals surface area contributed by atoms with E-state index in [2.05, 4.69) is 28.6 Å². The minimum Gasteiger partial charge on any atom is -0.339 e. The van der Waals surface area contributed by atoms with Gasteiger partial charge in [-0.1, -0.05) is 24.8 Å². The number of pyridine rings is 1. The van der Waals surface area contributed by atoms with Gasteiger partial charge in [0.2, 0.25) is 0 Å². The van der Waals surface area contributed by atoms with E-state index in [1.165, 1.54) is 18.5 Å². The number of amides is 1. The van der Waals surface area contributed by atoms with Crippen LogP contribution in [0.25, 0.3) is 0 Å². The molecule has 1 aliphatic heterocycles. The zero-order chi connectivity index (χ0) is 18.8. The first-order valence-electron chi connectivity index (χ1n) is 9.89. The molecule has 0 spiro atoms. The van der Waals surface area contributed by atoms with E-state index in [0.29, 0.717) is 11.5 Å². The standard InChI is InChI=1S/C22H33N3O/c1-4-10-19(3)22(26)25(5-2)16-9-8-15-24-17-12-20(13-18-24)21-11-6-7-14-23-21/h4,6-7,10-11,14,20H,3,5,8-9,12-13,15-18H2,1-2H3/b10-4-. The normalized spacial score (nSPS) is 16.1. The maximum absolute atomic E-state index is 12.3. The van der Waals surface area contributed by atoms with Crippen molar-refractivity contribution in [3.8, 4) is 0 Å². The van der Waals surface area contributed by atoms with Crippen LogP contribution in [0.3, 0.4) is 0 Å². The van der Waals surface area contributed by atoms with Gasteiger partial charge >= 0.3 is 0 Å². The van der Waals surface area contributed by atoms with Gasteiger partial charge in [0.25, 0.3) is 5.91 Å². The molecule has 4 nitrogen and oxygen atoms in total. The van der Waals surface area contributed by atoms with Gasteiger partial charge in [-0.05, 0) is 71.3 Å². The largest absolute Gasteiger partial charge is 0.339 e. The Kier molecular flexibility index (Phi) is 8.56. The molecule has 2 heterocycles. The van der Waals surface area contributed by atoms with Gasteiger partial charge in [0.1, 0.15) is 0 Å². The summed E-state index contributed by atoms with van der Waals surface area (Å²) in [5.74, 6) is 0.667. The Morgan fingerprint density at radius 2 is 2.12 bits per heavy atom. The monoisotopic (exact) mass is 355 g/mol. The maximum Gasteiger partial charge on any atom is 0.253 e. The number of nitrogens with zero attached hydrogens (tertiary/aromatic N) is 3. The molecule has 1 fully saturated rings. The molecule has 142 valence electrons. The van der Waals surface area contributed by atoms with Crippen LogP contribution in [0.1, 0.15) is 51.1 Å². The number of likely N-dealkylation sites (N-methyl/N-ethyl adjacent to an activating group) is 1. The minimum atomic E-state index is 0.0572. The summed E-state index contributed by atoms with van der Waals surface area (Å²) in [5, 5.41) is 0. The van der Waals surface area contributed by atoms with E-state index in [0.717, 1.165) is 45.6 Å². The smallest absolute Gasteiger partial charge is 0.253 e. The zero-order valence-corrected chi connectivity index (χ0v) is 16.4. The Balaban J connectivity index is 1.66. The molecule has 1 saturated heterocycles. The number of unbranched alkanes of at least 4 members (excludes halogenated alkanes) is 1. The van der Waals surface area contributed by atoms with Crippen molar-refractivity contribution in [3.63, 3.8) is 0 Å². The van der Waals surface area contributed by atoms with Gasteiger partial charge in [-0.2, -0.15) is 0 Å². The highest BCUT2D eigenvalue weighted by Gasteiger charge is 2.21. The van der Waals surface area contributed by atoms with E-state index in [1.54, 1.807) is 6.08 Å². The van der Waals surface area contributed by atoms with Gasteiger partial charge in [0.15, 0.2) is 0 Å². The van der Waals surface area contributed by atoms with Crippen LogP contribution in [0.4, 0.5) is 0 Å². The van der Waals surface area contributed by atoms with Crippen molar-refractivity contribution in [1.29, 1.82) is 0 Å². The highest BCUT2D eigenvalue weighted by atomic mass is 16.2. The number of aromatic nitrogens is 1. The van der Waals surface area contributed by atoms with Gasteiger partial charge in [-0.15, -0.1) is 0 Å². The average Bonchev–Trinajstić information content (AvgIpc) is 2.69. The van der Waals surface area contributed by atoms with Crippen LogP contribution >= 0.6 is 0 Å². The molecule has 1 aromatic rings. The van der Waals surface area contributed by atoms with Crippen molar-refractivity contribution >= 4 is 5.91 Å². The van der Waals surface area contributed by atoms with E-state index in [4.69, 9.17) is 0 Å². The average molecular weight is 356 g/mol. The SMILES string of the molecule is C=C(/C=C\C)C(=O)N(CC)CCCCN1CCC(c2ccccn2)CC1. The van der Waals surface area contributed by atoms with Crippen molar-refractivity contribution < 1.29 is 4.79 Å². The molecule has 4 heteroatoms. The molecular formula is C22H33N3O. The first kappa shape index (κ1) is 20.4. The molecule has 2 rings (SSSR count). The van der Waals surface area contributed by atoms with Gasteiger partial charge in [0.05, 0.1) is 0 Å². The second-order valence-corrected chi connectivity index (χ2v) is 6.99. The lowest BCUT2D eigenvalue weighted by Gasteiger charge is -2.31. The molecule has 0 unspecified atom stereocenters. The van der Waals surface area contributed by atoms with Crippen molar-refractivity contribution in [3.05, 3.63) is 54.4 Å². The minimum absolute atomic E-state index is 0.0572. The number of carbonyl (C=O) groups is 1. The summed E-state index contributed by atoms with van der Waals surface area (Å²) < 4.78 is 0. The predicted octanol–water partition coefficient (Wildman–Crippen LogP) is 4.02. The first-order chi connectivity index (χ1) is 12.7. The lowest BCUT2D eigenvalue weighted by Crippen LogP contribution is -2.35. The quantitative estimate of drug-likeness (QED) is 0.381. The molecule has 0 aliphatic carbocycles. The number of carbonyl (C=O) groups excluding carboxylic acids is 1. The summed E-state index contributed by atoms with van der Waals surface area (Å²) in [6.45, 7) is 12.8. The van der Waals surface area contributed by atoms with Crippen molar-refractivity contribution in [1.82, 2.24) is 14.8 Å². The first-order valence-corrected chi connectivity index (χ1v) is 9.89. The lowest BCUT2D eigenvalue weighted by molar-refractivity contribution is -0.126. The number of piperidine rings is 1. The summed E-state index contributed by atoms with van der Waals surface area (Å²) in [7, 11) is 0. The Morgan fingerprint density at radius 3 is 2.73 bits per heavy atom. The molecule has 1 amide bonds. The maximum atomic E-state index is 12.3. The van der Waals surface area contributed by atoms with E-state index < -0.39 is 0 Å². The molecule has 0 atom stereocenters. The molecule has 1 aliphatic rings. The second-order valence-electron chi connectivity index (χ2n) is 6.99. The van der Waals surface area contributed by atoms with E-state index in [9.17, 15) is 4.79 Å². The Hall–Kier alpha value is -1.94. The summed E-state index contributed by atoms with van der Waals surface area (Å²) in [5.41, 5.74) is 1.82. The van der Waals surface area contributed by atoms with Crippen molar-refractivity contribution in [2.24, 2.45) is 0 Å². The molecule has 26 heavy (non-hydrogen) atoms. The molecule has 0 bridgehead atoms. The fourth-order valence-electron chi connectivity index (χ4n) is 3.59. The summed E-state index contributed by atoms with van der Waals surface area (Å²) >= 11 is 0. The molecule has 0 saturated carbocycles. The zero-order valence-electron chi connectivity index (χ0n) is 16.4. The summed E-state index contributed by atoms with van der Waals surface area (Å²) in [6, 6.07) is 6.22. The number of hydrogen-bond donors (Lipinski definition) is 0. The Labute approximate surface area is 158 Å². The predicted molar refractivity (Wildman–Crippen MR) is 108 cm³/mol. The summed E-state index contributed by atoms with van der Waals surface area (Å²) in [6.07, 6.45) is 10.1. The molecule has 1 aromatic heterocycles. The van der Waals surface area contributed by atoms with Crippen LogP contribution in [0.15, 0.2) is 48.7 Å². The third-order valence-electron chi connectivity index (χ3n) is 5.16. The van der Waals surface area contributed by atoms with Crippen molar-refractivity contribution in [2.75, 3.05) is 32.7 Å². The Morgan fingerprint density at radius 1 is 1.35 bits per heavy atom. The lowest BCUT2D eigenvalue weighted by atomic mass is 9.93. The van der Waals surface area contributed by atoms with Crippen LogP contribution < -0.4 is 0 Å². The fraction of sp³-hybridized carbons (Fsp3) is 0.545. The molecule has 0 N–H and O–H groups in total. The van der Waals surface area contributed by atoms with Crippen molar-refractivity contribution in [2.45, 2.75) is 45.4 Å². The van der Waals surface area contributed by atoms with Crippen LogP contribution in [-0.2, 0) is 4.79 Å². The number of likely N-dealkylation sites (tertiary alicyclic amines) is 1. The number of rotatable bonds is 9. The molecule has 0 radical (unpaired) electrons. The third kappa shape index (κ3) is 6.10. The van der Waals surface area contributed by atoms with Crippen LogP contribution in [0.5, 0.6) is 0 Å². The fourth-order valence-corrected chi connectivity index (χ4v) is 3.59. The highest BCUT2D eigenvalue weighted by molar-refractivity contribution is 5.95. The molecular weight excluding hydrogens is 322 g/mol. The highest BCUT2D eigenvalue weighted by Crippen LogP contribution is 2.26. The van der Waals surface area contributed by atoms with Crippen LogP contribution in [-0.4, -0.2) is 53.4 Å². The summed E-state index contributed by atoms with van der Waals surface area (Å²) in [4.78, 5) is 21.2. The van der Waals surface area contributed by atoms with E-state index >= 15 is 0 Å². The van der Waals surface area contributed by atoms with Gasteiger partial charge < -0.3 is 9.80 Å². The third-order valence-corrected chi connectivity index (χ3v) is 5.16. The van der Waals surface area contributed by atoms with Gasteiger partial charge in [-0.25, -0.2) is 0 Å². The van der Waals surface area contributed by atoms with Gasteiger partial charge in [0, 0.05) is 36.5 Å². The topological polar surface area (TPSA) is 36.4 Å². The van der Waals surface area contributed by atoms with E-state index in [-0.39, 0.29) is 5.91 Å².